The fourth-order valence-electron chi connectivity index (χ4n) is 5.00. The summed E-state index contributed by atoms with van der Waals surface area (Å²) in [4.78, 5) is 36.0. The third kappa shape index (κ3) is 7.39. The molecule has 1 fully saturated rings. The molecule has 0 spiro atoms. The van der Waals surface area contributed by atoms with Crippen LogP contribution in [0.1, 0.15) is 54.2 Å². The first-order chi connectivity index (χ1) is 21.3. The minimum Gasteiger partial charge on any atom is -0.445 e. The zero-order chi connectivity index (χ0) is 31.1. The summed E-state index contributed by atoms with van der Waals surface area (Å²) in [6.07, 6.45) is 6.67. The second kappa shape index (κ2) is 13.8. The zero-order valence-corrected chi connectivity index (χ0v) is 25.1. The minimum atomic E-state index is -0.550. The van der Waals surface area contributed by atoms with Gasteiger partial charge in [-0.05, 0) is 48.9 Å². The Balaban J connectivity index is 1.17. The first-order valence-electron chi connectivity index (χ1n) is 14.7. The molecule has 226 valence electrons. The molecule has 44 heavy (non-hydrogen) atoms. The third-order valence-corrected chi connectivity index (χ3v) is 7.64. The lowest BCUT2D eigenvalue weighted by atomic mass is 10.0. The summed E-state index contributed by atoms with van der Waals surface area (Å²) in [5.74, 6) is 0.153. The predicted octanol–water partition coefficient (Wildman–Crippen LogP) is 5.64. The van der Waals surface area contributed by atoms with Gasteiger partial charge in [-0.3, -0.25) is 9.48 Å². The highest BCUT2D eigenvalue weighted by Crippen LogP contribution is 2.26. The molecular weight excluding hydrogens is 556 g/mol. The Labute approximate surface area is 256 Å². The van der Waals surface area contributed by atoms with Crippen molar-refractivity contribution in [2.24, 2.45) is 5.92 Å². The molecule has 1 unspecified atom stereocenters. The van der Waals surface area contributed by atoms with Crippen molar-refractivity contribution >= 4 is 23.6 Å². The molecule has 4 aromatic rings. The van der Waals surface area contributed by atoms with E-state index in [1.165, 1.54) is 0 Å². The molecule has 11 nitrogen and oxygen atoms in total. The van der Waals surface area contributed by atoms with Gasteiger partial charge in [0.25, 0.3) is 5.91 Å². The Morgan fingerprint density at radius 1 is 1.07 bits per heavy atom. The van der Waals surface area contributed by atoms with Crippen molar-refractivity contribution in [1.82, 2.24) is 30.0 Å². The second-order valence-corrected chi connectivity index (χ2v) is 11.2. The number of hydrogen-bond donors (Lipinski definition) is 2. The smallest absolute Gasteiger partial charge is 0.410 e. The Morgan fingerprint density at radius 3 is 2.48 bits per heavy atom. The maximum Gasteiger partial charge on any atom is 0.410 e. The van der Waals surface area contributed by atoms with Crippen molar-refractivity contribution in [2.75, 3.05) is 18.4 Å². The predicted molar refractivity (Wildman–Crippen MR) is 166 cm³/mol. The van der Waals surface area contributed by atoms with E-state index in [2.05, 4.69) is 26.8 Å². The number of nitrogens with zero attached hydrogens (tertiary/aromatic N) is 6. The van der Waals surface area contributed by atoms with Crippen LogP contribution < -0.4 is 10.6 Å². The van der Waals surface area contributed by atoms with E-state index >= 15 is 0 Å². The molecule has 1 saturated heterocycles. The number of carbonyl (C=O) groups excluding carboxylic acids is 2. The number of nitrogens with one attached hydrogen (secondary N) is 2. The van der Waals surface area contributed by atoms with Crippen LogP contribution >= 0.6 is 0 Å². The molecule has 2 aromatic carbocycles. The molecule has 2 amide bonds. The standard InChI is InChI=1S/C33H36N8O3/c1-22(2)29(17-34)38-31(42)26-11-9-25(10-12-26)30-23(3)18-35-32(39-30)37-27-19-36-41(20-27)28-13-15-40(16-14-28)33(43)44-21-24-7-5-4-6-8-24/h4-12,18-20,22,28-29H,13-16,21H2,1-3H3,(H,38,42)(H,35,37,39). The van der Waals surface area contributed by atoms with Crippen molar-refractivity contribution in [2.45, 2.75) is 52.3 Å². The number of ether oxygens (including phenoxy) is 1. The highest BCUT2D eigenvalue weighted by Gasteiger charge is 2.25. The van der Waals surface area contributed by atoms with Gasteiger partial charge in [0.05, 0.1) is 29.7 Å². The van der Waals surface area contributed by atoms with Crippen LogP contribution in [0.25, 0.3) is 11.3 Å². The zero-order valence-electron chi connectivity index (χ0n) is 25.1. The number of likely N-dealkylation sites (tertiary alicyclic amines) is 1. The van der Waals surface area contributed by atoms with Gasteiger partial charge in [0.15, 0.2) is 0 Å². The monoisotopic (exact) mass is 592 g/mol. The molecule has 1 aliphatic heterocycles. The lowest BCUT2D eigenvalue weighted by Crippen LogP contribution is -2.39. The van der Waals surface area contributed by atoms with Crippen molar-refractivity contribution in [3.05, 3.63) is 89.9 Å². The number of carbonyl (C=O) groups is 2. The lowest BCUT2D eigenvalue weighted by molar-refractivity contribution is 0.0821. The minimum absolute atomic E-state index is 0.0130. The summed E-state index contributed by atoms with van der Waals surface area (Å²) >= 11 is 0. The lowest BCUT2D eigenvalue weighted by Gasteiger charge is -2.31. The molecule has 2 N–H and O–H groups in total. The number of rotatable bonds is 9. The van der Waals surface area contributed by atoms with E-state index in [-0.39, 0.29) is 30.6 Å². The van der Waals surface area contributed by atoms with Crippen molar-refractivity contribution in [3.63, 3.8) is 0 Å². The summed E-state index contributed by atoms with van der Waals surface area (Å²) in [6, 6.07) is 18.5. The number of anilines is 2. The van der Waals surface area contributed by atoms with E-state index in [1.807, 2.05) is 74.1 Å². The van der Waals surface area contributed by atoms with E-state index in [0.717, 1.165) is 40.9 Å². The van der Waals surface area contributed by atoms with Crippen LogP contribution in [0.2, 0.25) is 0 Å². The Morgan fingerprint density at radius 2 is 1.80 bits per heavy atom. The fraction of sp³-hybridized carbons (Fsp3) is 0.333. The van der Waals surface area contributed by atoms with Gasteiger partial charge >= 0.3 is 6.09 Å². The summed E-state index contributed by atoms with van der Waals surface area (Å²) in [7, 11) is 0. The van der Waals surface area contributed by atoms with Gasteiger partial charge in [0.2, 0.25) is 5.95 Å². The van der Waals surface area contributed by atoms with Gasteiger partial charge in [0.1, 0.15) is 12.6 Å². The van der Waals surface area contributed by atoms with E-state index in [1.54, 1.807) is 29.4 Å². The van der Waals surface area contributed by atoms with Crippen molar-refractivity contribution in [3.8, 4) is 17.3 Å². The Hall–Kier alpha value is -5.24. The normalized spacial score (nSPS) is 14.1. The maximum atomic E-state index is 12.6. The van der Waals surface area contributed by atoms with Crippen molar-refractivity contribution in [1.29, 1.82) is 5.26 Å². The number of benzene rings is 2. The third-order valence-electron chi connectivity index (χ3n) is 7.64. The van der Waals surface area contributed by atoms with E-state index in [4.69, 9.17) is 9.72 Å². The highest BCUT2D eigenvalue weighted by molar-refractivity contribution is 5.95. The van der Waals surface area contributed by atoms with Gasteiger partial charge in [-0.15, -0.1) is 0 Å². The first kappa shape index (κ1) is 30.2. The van der Waals surface area contributed by atoms with E-state index in [0.29, 0.717) is 24.6 Å². The van der Waals surface area contributed by atoms with Crippen LogP contribution in [0.3, 0.4) is 0 Å². The van der Waals surface area contributed by atoms with Crippen LogP contribution in [-0.4, -0.2) is 55.8 Å². The summed E-state index contributed by atoms with van der Waals surface area (Å²) in [5, 5.41) is 19.8. The molecular formula is C33H36N8O3. The maximum absolute atomic E-state index is 12.6. The largest absolute Gasteiger partial charge is 0.445 e. The molecule has 1 atom stereocenters. The Kier molecular flexibility index (Phi) is 9.49. The molecule has 1 aliphatic rings. The quantitative estimate of drug-likeness (QED) is 0.255. The van der Waals surface area contributed by atoms with Crippen LogP contribution in [-0.2, 0) is 11.3 Å². The average molecular weight is 593 g/mol. The molecule has 0 aliphatic carbocycles. The SMILES string of the molecule is Cc1cnc(Nc2cnn(C3CCN(C(=O)OCc4ccccc4)CC3)c2)nc1-c1ccc(C(=O)NC(C#N)C(C)C)cc1. The van der Waals surface area contributed by atoms with Gasteiger partial charge < -0.3 is 20.3 Å². The van der Waals surface area contributed by atoms with E-state index < -0.39 is 6.04 Å². The van der Waals surface area contributed by atoms with Gasteiger partial charge in [0, 0.05) is 36.6 Å². The highest BCUT2D eigenvalue weighted by atomic mass is 16.6. The summed E-state index contributed by atoms with van der Waals surface area (Å²) < 4.78 is 7.40. The number of hydrogen-bond acceptors (Lipinski definition) is 8. The topological polar surface area (TPSA) is 138 Å². The number of aromatic nitrogens is 4. The van der Waals surface area contributed by atoms with Crippen LogP contribution in [0.4, 0.5) is 16.4 Å². The van der Waals surface area contributed by atoms with Gasteiger partial charge in [-0.25, -0.2) is 14.8 Å². The molecule has 3 heterocycles. The number of aryl methyl sites for hydroxylation is 1. The number of amides is 2. The molecule has 11 heteroatoms. The van der Waals surface area contributed by atoms with Crippen LogP contribution in [0.15, 0.2) is 73.2 Å². The fourth-order valence-corrected chi connectivity index (χ4v) is 5.00. The van der Waals surface area contributed by atoms with Crippen LogP contribution in [0, 0.1) is 24.2 Å². The number of piperidine rings is 1. The first-order valence-corrected chi connectivity index (χ1v) is 14.7. The summed E-state index contributed by atoms with van der Waals surface area (Å²) in [5.41, 5.74) is 4.67. The van der Waals surface area contributed by atoms with Crippen LogP contribution in [0.5, 0.6) is 0 Å². The molecule has 5 rings (SSSR count). The average Bonchev–Trinajstić information content (AvgIpc) is 3.52. The molecule has 0 radical (unpaired) electrons. The van der Waals surface area contributed by atoms with E-state index in [9.17, 15) is 14.9 Å². The summed E-state index contributed by atoms with van der Waals surface area (Å²) in [6.45, 7) is 7.18. The van der Waals surface area contributed by atoms with Gasteiger partial charge in [-0.2, -0.15) is 10.4 Å². The molecule has 2 aromatic heterocycles. The Bertz CT molecular complexity index is 1620. The van der Waals surface area contributed by atoms with Crippen molar-refractivity contribution < 1.29 is 14.3 Å². The van der Waals surface area contributed by atoms with Gasteiger partial charge in [-0.1, -0.05) is 56.3 Å². The second-order valence-electron chi connectivity index (χ2n) is 11.2. The molecule has 0 saturated carbocycles. The number of nitriles is 1. The molecule has 0 bridgehead atoms.